The van der Waals surface area contributed by atoms with Crippen molar-refractivity contribution in [2.45, 2.75) is 12.8 Å². The fourth-order valence-corrected chi connectivity index (χ4v) is 12.6. The van der Waals surface area contributed by atoms with E-state index in [4.69, 9.17) is 0 Å². The molecule has 82 heavy (non-hydrogen) atoms. The molecule has 0 saturated heterocycles. The molecule has 0 atom stereocenters. The summed E-state index contributed by atoms with van der Waals surface area (Å²) >= 11 is 0. The summed E-state index contributed by atoms with van der Waals surface area (Å²) in [6, 6.07) is 109. The molecule has 1 aliphatic carbocycles. The molecule has 2 heteroatoms. The van der Waals surface area contributed by atoms with Crippen molar-refractivity contribution >= 4 is 66.0 Å². The van der Waals surface area contributed by atoms with Crippen LogP contribution in [0.15, 0.2) is 315 Å². The van der Waals surface area contributed by atoms with Crippen molar-refractivity contribution in [1.29, 1.82) is 0 Å². The van der Waals surface area contributed by atoms with Crippen molar-refractivity contribution in [3.8, 4) is 72.4 Å². The van der Waals surface area contributed by atoms with E-state index in [2.05, 4.69) is 325 Å². The molecule has 13 aromatic carbocycles. The quantitative estimate of drug-likeness (QED) is 0.125. The SMILES string of the molecule is C1=CCCC(c2ccc3c4c(-c5cccc(N(c6ccc(-c7ccc(-c8cccc9ccccc89)cc7)cc6)c6ccc(-c7ccc(-c8cccc9ccccc89)cc7)cc6)c5)cc(-c5ccccc5)cc4n(-c4ccccc4)c3c2)=C1. The van der Waals surface area contributed by atoms with Gasteiger partial charge in [-0.05, 0) is 179 Å². The topological polar surface area (TPSA) is 8.17 Å². The first-order valence-corrected chi connectivity index (χ1v) is 28.5. The highest BCUT2D eigenvalue weighted by Gasteiger charge is 2.22. The molecule has 0 aliphatic heterocycles. The van der Waals surface area contributed by atoms with Gasteiger partial charge in [0.2, 0.25) is 0 Å². The highest BCUT2D eigenvalue weighted by atomic mass is 15.1. The minimum atomic E-state index is 1.03. The van der Waals surface area contributed by atoms with Crippen molar-refractivity contribution in [2.75, 3.05) is 4.90 Å². The Morgan fingerprint density at radius 3 is 1.35 bits per heavy atom. The van der Waals surface area contributed by atoms with Gasteiger partial charge in [-0.15, -0.1) is 0 Å². The van der Waals surface area contributed by atoms with Gasteiger partial charge in [0, 0.05) is 33.5 Å². The van der Waals surface area contributed by atoms with Gasteiger partial charge in [-0.25, -0.2) is 0 Å². The number of hydrogen-bond acceptors (Lipinski definition) is 1. The molecule has 14 aromatic rings. The summed E-state index contributed by atoms with van der Waals surface area (Å²) in [6.45, 7) is 0. The van der Waals surface area contributed by atoms with E-state index >= 15 is 0 Å². The second-order valence-electron chi connectivity index (χ2n) is 21.5. The zero-order valence-electron chi connectivity index (χ0n) is 45.3. The largest absolute Gasteiger partial charge is 0.310 e. The van der Waals surface area contributed by atoms with E-state index < -0.39 is 0 Å². The number of hydrogen-bond donors (Lipinski definition) is 0. The molecule has 15 rings (SSSR count). The third-order valence-electron chi connectivity index (χ3n) is 16.7. The Balaban J connectivity index is 0.856. The molecule has 1 aliphatic rings. The maximum Gasteiger partial charge on any atom is 0.0553 e. The van der Waals surface area contributed by atoms with Crippen molar-refractivity contribution in [2.24, 2.45) is 0 Å². The zero-order chi connectivity index (χ0) is 54.3. The number of para-hydroxylation sites is 1. The maximum atomic E-state index is 2.48. The van der Waals surface area contributed by atoms with Gasteiger partial charge in [-0.1, -0.05) is 249 Å². The lowest BCUT2D eigenvalue weighted by Gasteiger charge is -2.26. The van der Waals surface area contributed by atoms with Crippen LogP contribution >= 0.6 is 0 Å². The summed E-state index contributed by atoms with van der Waals surface area (Å²) in [6.07, 6.45) is 8.84. The Morgan fingerprint density at radius 1 is 0.293 bits per heavy atom. The molecule has 0 unspecified atom stereocenters. The van der Waals surface area contributed by atoms with Gasteiger partial charge in [-0.2, -0.15) is 0 Å². The van der Waals surface area contributed by atoms with Crippen LogP contribution in [0.4, 0.5) is 17.1 Å². The number of anilines is 3. The molecular weight excluding hydrogens is 989 g/mol. The number of allylic oxidation sites excluding steroid dienone is 4. The molecule has 0 fully saturated rings. The predicted molar refractivity (Wildman–Crippen MR) is 349 cm³/mol. The van der Waals surface area contributed by atoms with Crippen LogP contribution < -0.4 is 4.90 Å². The Hall–Kier alpha value is -10.5. The second-order valence-corrected chi connectivity index (χ2v) is 21.5. The smallest absolute Gasteiger partial charge is 0.0553 e. The number of benzene rings is 13. The number of rotatable bonds is 11. The molecule has 0 spiro atoms. The maximum absolute atomic E-state index is 2.48. The predicted octanol–water partition coefficient (Wildman–Crippen LogP) is 22.3. The lowest BCUT2D eigenvalue weighted by atomic mass is 9.93. The molecule has 2 nitrogen and oxygen atoms in total. The van der Waals surface area contributed by atoms with Crippen molar-refractivity contribution in [1.82, 2.24) is 4.57 Å². The first-order chi connectivity index (χ1) is 40.6. The first-order valence-electron chi connectivity index (χ1n) is 28.5. The van der Waals surface area contributed by atoms with Crippen LogP contribution in [-0.4, -0.2) is 4.57 Å². The van der Waals surface area contributed by atoms with E-state index in [1.807, 2.05) is 0 Å². The van der Waals surface area contributed by atoms with Crippen LogP contribution in [-0.2, 0) is 0 Å². The molecule has 0 bridgehead atoms. The standard InChI is InChI=1S/C80H56N2/c1-4-17-55(18-5-1)65-45-50-76-78(53-65)82(68-26-8-3-9-27-68)79-54-67(56-19-6-2-7-20-56)52-77(80(76)79)66-25-14-28-71(51-66)81(69-46-41-59(42-47-69)57-33-37-63(38-34-57)74-31-15-23-61-21-10-12-29-72(61)74)70-48-43-60(44-49-70)58-35-39-64(40-36-58)75-32-16-24-62-22-11-13-30-73(62)75/h1-4,6-17,19-54H,5,18H2. The first kappa shape index (κ1) is 48.6. The molecule has 1 aromatic heterocycles. The van der Waals surface area contributed by atoms with Gasteiger partial charge in [0.15, 0.2) is 0 Å². The number of fused-ring (bicyclic) bond motifs is 5. The lowest BCUT2D eigenvalue weighted by Crippen LogP contribution is -2.10. The minimum absolute atomic E-state index is 1.03. The molecule has 0 N–H and O–H groups in total. The van der Waals surface area contributed by atoms with Crippen LogP contribution in [0.5, 0.6) is 0 Å². The molecule has 0 radical (unpaired) electrons. The molecular formula is C80H56N2. The Morgan fingerprint density at radius 2 is 0.768 bits per heavy atom. The second kappa shape index (κ2) is 20.9. The van der Waals surface area contributed by atoms with Crippen LogP contribution in [0, 0.1) is 0 Å². The zero-order valence-corrected chi connectivity index (χ0v) is 45.3. The van der Waals surface area contributed by atoms with Gasteiger partial charge >= 0.3 is 0 Å². The van der Waals surface area contributed by atoms with Gasteiger partial charge in [-0.3, -0.25) is 0 Å². The lowest BCUT2D eigenvalue weighted by molar-refractivity contribution is 1.05. The summed E-state index contributed by atoms with van der Waals surface area (Å²) < 4.78 is 2.48. The summed E-state index contributed by atoms with van der Waals surface area (Å²) in [5.74, 6) is 0. The molecule has 1 heterocycles. The third kappa shape index (κ3) is 8.97. The summed E-state index contributed by atoms with van der Waals surface area (Å²) in [4.78, 5) is 2.41. The Bertz CT molecular complexity index is 4560. The van der Waals surface area contributed by atoms with Crippen LogP contribution in [0.25, 0.3) is 121 Å². The molecule has 0 amide bonds. The van der Waals surface area contributed by atoms with Crippen LogP contribution in [0.3, 0.4) is 0 Å². The van der Waals surface area contributed by atoms with E-state index in [9.17, 15) is 0 Å². The van der Waals surface area contributed by atoms with Crippen molar-refractivity contribution < 1.29 is 0 Å². The molecule has 386 valence electrons. The average Bonchev–Trinajstić information content (AvgIpc) is 4.00. The Labute approximate surface area is 479 Å². The molecule has 0 saturated carbocycles. The fraction of sp³-hybridized carbons (Fsp3) is 0.0250. The highest BCUT2D eigenvalue weighted by molar-refractivity contribution is 6.17. The Kier molecular flexibility index (Phi) is 12.4. The summed E-state index contributed by atoms with van der Waals surface area (Å²) in [5.41, 5.74) is 23.7. The number of nitrogens with zero attached hydrogens (tertiary/aromatic N) is 2. The number of aromatic nitrogens is 1. The normalized spacial score (nSPS) is 12.3. The van der Waals surface area contributed by atoms with Gasteiger partial charge in [0.25, 0.3) is 0 Å². The van der Waals surface area contributed by atoms with E-state index in [1.165, 1.54) is 116 Å². The summed E-state index contributed by atoms with van der Waals surface area (Å²) in [5, 5.41) is 7.49. The van der Waals surface area contributed by atoms with E-state index in [0.717, 1.165) is 41.2 Å². The van der Waals surface area contributed by atoms with Crippen LogP contribution in [0.1, 0.15) is 18.4 Å². The van der Waals surface area contributed by atoms with Gasteiger partial charge in [0.1, 0.15) is 0 Å². The van der Waals surface area contributed by atoms with Gasteiger partial charge < -0.3 is 9.47 Å². The van der Waals surface area contributed by atoms with E-state index in [1.54, 1.807) is 0 Å². The average molecular weight is 1050 g/mol. The van der Waals surface area contributed by atoms with Crippen molar-refractivity contribution in [3.05, 3.63) is 321 Å². The summed E-state index contributed by atoms with van der Waals surface area (Å²) in [7, 11) is 0. The van der Waals surface area contributed by atoms with Crippen molar-refractivity contribution in [3.63, 3.8) is 0 Å². The highest BCUT2D eigenvalue weighted by Crippen LogP contribution is 2.45. The van der Waals surface area contributed by atoms with E-state index in [0.29, 0.717) is 0 Å². The van der Waals surface area contributed by atoms with Gasteiger partial charge in [0.05, 0.1) is 11.0 Å². The van der Waals surface area contributed by atoms with Crippen LogP contribution in [0.2, 0.25) is 0 Å². The van der Waals surface area contributed by atoms with E-state index in [-0.39, 0.29) is 0 Å². The third-order valence-corrected chi connectivity index (χ3v) is 16.7. The minimum Gasteiger partial charge on any atom is -0.310 e. The monoisotopic (exact) mass is 1040 g/mol. The fourth-order valence-electron chi connectivity index (χ4n) is 12.6.